The van der Waals surface area contributed by atoms with Crippen LogP contribution in [0.3, 0.4) is 0 Å². The Bertz CT molecular complexity index is 551. The molecule has 9 heteroatoms. The zero-order valence-electron chi connectivity index (χ0n) is 9.09. The first-order chi connectivity index (χ1) is 8.57. The summed E-state index contributed by atoms with van der Waals surface area (Å²) in [5.41, 5.74) is -2.77. The third-order valence-electron chi connectivity index (χ3n) is 2.26. The number of hydrogen-bond donors (Lipinski definition) is 0. The molecule has 0 fully saturated rings. The van der Waals surface area contributed by atoms with Gasteiger partial charge in [0.2, 0.25) is 0 Å². The van der Waals surface area contributed by atoms with Gasteiger partial charge in [0, 0.05) is 6.07 Å². The van der Waals surface area contributed by atoms with Gasteiger partial charge in [-0.3, -0.25) is 4.79 Å². The van der Waals surface area contributed by atoms with Gasteiger partial charge in [-0.15, -0.1) is 0 Å². The molecule has 1 atom stereocenters. The molecule has 0 radical (unpaired) electrons. The average molecular weight is 284 g/mol. The number of nitriles is 1. The molecule has 0 aliphatic rings. The highest BCUT2D eigenvalue weighted by atomic mass is 19.4. The lowest BCUT2D eigenvalue weighted by Crippen LogP contribution is -2.34. The van der Waals surface area contributed by atoms with Crippen LogP contribution >= 0.6 is 0 Å². The van der Waals surface area contributed by atoms with E-state index in [1.54, 1.807) is 0 Å². The van der Waals surface area contributed by atoms with Crippen LogP contribution in [-0.2, 0) is 12.7 Å². The zero-order valence-corrected chi connectivity index (χ0v) is 9.09. The van der Waals surface area contributed by atoms with Gasteiger partial charge in [-0.25, -0.2) is 0 Å². The summed E-state index contributed by atoms with van der Waals surface area (Å²) < 4.78 is 74.6. The quantitative estimate of drug-likeness (QED) is 0.783. The second-order valence-electron chi connectivity index (χ2n) is 3.58. The van der Waals surface area contributed by atoms with Crippen molar-refractivity contribution < 1.29 is 26.3 Å². The average Bonchev–Trinajstić information content (AvgIpc) is 2.24. The van der Waals surface area contributed by atoms with E-state index in [1.165, 1.54) is 0 Å². The maximum atomic E-state index is 12.6. The third kappa shape index (κ3) is 3.49. The van der Waals surface area contributed by atoms with Crippen LogP contribution in [0.2, 0.25) is 0 Å². The smallest absolute Gasteiger partial charge is 0.303 e. The van der Waals surface area contributed by atoms with Crippen molar-refractivity contribution in [2.45, 2.75) is 18.9 Å². The van der Waals surface area contributed by atoms with Crippen molar-refractivity contribution in [3.8, 4) is 6.07 Å². The fourth-order valence-corrected chi connectivity index (χ4v) is 1.36. The Labute approximate surface area is 102 Å². The van der Waals surface area contributed by atoms with Gasteiger partial charge in [0.25, 0.3) is 5.56 Å². The molecule has 0 aromatic carbocycles. The minimum absolute atomic E-state index is 0.0959. The Morgan fingerprint density at radius 3 is 2.21 bits per heavy atom. The fourth-order valence-electron chi connectivity index (χ4n) is 1.36. The summed E-state index contributed by atoms with van der Waals surface area (Å²) in [6.45, 7) is -1.39. The molecule has 0 saturated heterocycles. The minimum atomic E-state index is -5.01. The van der Waals surface area contributed by atoms with E-state index in [1.807, 2.05) is 0 Å². The van der Waals surface area contributed by atoms with Crippen LogP contribution < -0.4 is 5.56 Å². The lowest BCUT2D eigenvalue weighted by Gasteiger charge is -2.18. The normalized spacial score (nSPS) is 13.9. The van der Waals surface area contributed by atoms with Gasteiger partial charge in [-0.05, 0) is 6.07 Å². The first-order valence-corrected chi connectivity index (χ1v) is 4.80. The summed E-state index contributed by atoms with van der Waals surface area (Å²) in [4.78, 5) is 11.3. The van der Waals surface area contributed by atoms with E-state index in [4.69, 9.17) is 5.26 Å². The Morgan fingerprint density at radius 1 is 1.21 bits per heavy atom. The third-order valence-corrected chi connectivity index (χ3v) is 2.26. The molecule has 1 aromatic rings. The molecular formula is C10H6F6N2O. The van der Waals surface area contributed by atoms with E-state index < -0.39 is 36.1 Å². The molecule has 0 aliphatic carbocycles. The number of nitrogens with zero attached hydrogens (tertiary/aromatic N) is 2. The van der Waals surface area contributed by atoms with Gasteiger partial charge in [0.05, 0.1) is 12.6 Å². The molecule has 1 heterocycles. The van der Waals surface area contributed by atoms with Gasteiger partial charge in [0.15, 0.2) is 5.92 Å². The first kappa shape index (κ1) is 15.1. The number of pyridine rings is 1. The molecule has 0 amide bonds. The van der Waals surface area contributed by atoms with Crippen LogP contribution in [0.15, 0.2) is 23.0 Å². The molecule has 0 N–H and O–H groups in total. The molecule has 3 nitrogen and oxygen atoms in total. The van der Waals surface area contributed by atoms with Crippen molar-refractivity contribution in [3.63, 3.8) is 0 Å². The van der Waals surface area contributed by atoms with E-state index in [-0.39, 0.29) is 4.57 Å². The highest BCUT2D eigenvalue weighted by Gasteiger charge is 2.42. The van der Waals surface area contributed by atoms with Gasteiger partial charge in [-0.2, -0.15) is 31.6 Å². The summed E-state index contributed by atoms with van der Waals surface area (Å²) in [5, 5.41) is 8.34. The monoisotopic (exact) mass is 284 g/mol. The number of rotatable bonds is 2. The van der Waals surface area contributed by atoms with E-state index in [0.717, 1.165) is 12.1 Å². The molecule has 1 aromatic heterocycles. The summed E-state index contributed by atoms with van der Waals surface area (Å²) in [6.07, 6.45) is -9.99. The summed E-state index contributed by atoms with van der Waals surface area (Å²) in [6, 6.07) is 2.81. The lowest BCUT2D eigenvalue weighted by atomic mass is 10.1. The predicted octanol–water partition coefficient (Wildman–Crippen LogP) is 2.57. The summed E-state index contributed by atoms with van der Waals surface area (Å²) >= 11 is 0. The number of alkyl halides is 6. The lowest BCUT2D eigenvalue weighted by molar-refractivity contribution is -0.166. The molecule has 0 bridgehead atoms. The summed E-state index contributed by atoms with van der Waals surface area (Å²) in [7, 11) is 0. The van der Waals surface area contributed by atoms with Crippen LogP contribution in [0.4, 0.5) is 26.3 Å². The second kappa shape index (κ2) is 4.95. The minimum Gasteiger partial charge on any atom is -0.303 e. The predicted molar refractivity (Wildman–Crippen MR) is 50.9 cm³/mol. The molecule has 19 heavy (non-hydrogen) atoms. The van der Waals surface area contributed by atoms with Crippen molar-refractivity contribution in [2.75, 3.05) is 0 Å². The highest BCUT2D eigenvalue weighted by Crippen LogP contribution is 2.31. The van der Waals surface area contributed by atoms with Gasteiger partial charge in [-0.1, -0.05) is 6.07 Å². The molecule has 0 spiro atoms. The van der Waals surface area contributed by atoms with Crippen LogP contribution in [0.1, 0.15) is 5.69 Å². The number of halogens is 6. The molecule has 1 unspecified atom stereocenters. The van der Waals surface area contributed by atoms with Crippen molar-refractivity contribution in [1.82, 2.24) is 4.57 Å². The maximum Gasteiger partial charge on any atom is 0.431 e. The molecule has 104 valence electrons. The van der Waals surface area contributed by atoms with Crippen LogP contribution in [-0.4, -0.2) is 10.7 Å². The summed E-state index contributed by atoms with van der Waals surface area (Å²) in [5.74, 6) is -2.69. The number of aromatic nitrogens is 1. The molecule has 1 rings (SSSR count). The Balaban J connectivity index is 3.29. The Kier molecular flexibility index (Phi) is 3.93. The molecular weight excluding hydrogens is 278 g/mol. The van der Waals surface area contributed by atoms with Crippen LogP contribution in [0.5, 0.6) is 0 Å². The number of hydrogen-bond acceptors (Lipinski definition) is 2. The Morgan fingerprint density at radius 2 is 1.79 bits per heavy atom. The van der Waals surface area contributed by atoms with Crippen LogP contribution in [0, 0.1) is 17.2 Å². The van der Waals surface area contributed by atoms with E-state index >= 15 is 0 Å². The van der Waals surface area contributed by atoms with Crippen molar-refractivity contribution in [2.24, 2.45) is 5.92 Å². The zero-order chi connectivity index (χ0) is 14.8. The molecule has 0 saturated carbocycles. The largest absolute Gasteiger partial charge is 0.431 e. The van der Waals surface area contributed by atoms with Crippen molar-refractivity contribution in [1.29, 1.82) is 5.26 Å². The van der Waals surface area contributed by atoms with Gasteiger partial charge < -0.3 is 4.57 Å². The van der Waals surface area contributed by atoms with Crippen molar-refractivity contribution in [3.05, 3.63) is 34.2 Å². The van der Waals surface area contributed by atoms with Gasteiger partial charge >= 0.3 is 12.4 Å². The highest BCUT2D eigenvalue weighted by molar-refractivity contribution is 5.11. The van der Waals surface area contributed by atoms with E-state index in [0.29, 0.717) is 12.1 Å². The Hall–Kier alpha value is -1.98. The fraction of sp³-hybridized carbons (Fsp3) is 0.400. The van der Waals surface area contributed by atoms with Crippen LogP contribution in [0.25, 0.3) is 0 Å². The standard InChI is InChI=1S/C10H6F6N2O/c11-9(12,13)6(4-17)5-18-7(10(14,15)16)2-1-3-8(18)19/h1-3,6H,5H2. The van der Waals surface area contributed by atoms with Crippen molar-refractivity contribution >= 4 is 0 Å². The second-order valence-corrected chi connectivity index (χ2v) is 3.58. The topological polar surface area (TPSA) is 45.8 Å². The first-order valence-electron chi connectivity index (χ1n) is 4.80. The van der Waals surface area contributed by atoms with Gasteiger partial charge in [0.1, 0.15) is 5.69 Å². The van der Waals surface area contributed by atoms with E-state index in [2.05, 4.69) is 0 Å². The molecule has 0 aliphatic heterocycles. The van der Waals surface area contributed by atoms with E-state index in [9.17, 15) is 31.1 Å². The SMILES string of the molecule is N#CC(Cn1c(C(F)(F)F)cccc1=O)C(F)(F)F. The maximum absolute atomic E-state index is 12.6.